The lowest BCUT2D eigenvalue weighted by molar-refractivity contribution is 0.557. The minimum Gasteiger partial charge on any atom is -0.192 e. The van der Waals surface area contributed by atoms with Gasteiger partial charge in [-0.25, -0.2) is 0 Å². The Kier molecular flexibility index (Phi) is 7.44. The number of nitriles is 3. The van der Waals surface area contributed by atoms with Gasteiger partial charge in [-0.05, 0) is 114 Å². The molecule has 8 aromatic carbocycles. The molecule has 11 rings (SSSR count). The van der Waals surface area contributed by atoms with Crippen LogP contribution in [0.5, 0.6) is 0 Å². The highest BCUT2D eigenvalue weighted by molar-refractivity contribution is 5.90. The van der Waals surface area contributed by atoms with Crippen molar-refractivity contribution < 1.29 is 0 Å². The van der Waals surface area contributed by atoms with Crippen LogP contribution in [0.1, 0.15) is 61.2 Å². The Labute approximate surface area is 326 Å². The molecule has 3 heteroatoms. The number of nitrogens with zero attached hydrogens (tertiary/aromatic N) is 3. The lowest BCUT2D eigenvalue weighted by Gasteiger charge is -2.57. The highest BCUT2D eigenvalue weighted by atomic mass is 14.6. The molecule has 0 saturated heterocycles. The Bertz CT molecular complexity index is 2860. The average molecular weight is 710 g/mol. The molecule has 0 unspecified atom stereocenters. The van der Waals surface area contributed by atoms with Crippen molar-refractivity contribution in [1.82, 2.24) is 0 Å². The summed E-state index contributed by atoms with van der Waals surface area (Å²) in [7, 11) is 0. The van der Waals surface area contributed by atoms with Crippen LogP contribution in [-0.4, -0.2) is 0 Å². The molecule has 0 atom stereocenters. The topological polar surface area (TPSA) is 71.4 Å². The fraction of sp³-hybridized carbons (Fsp3) is 0.0377. The zero-order chi connectivity index (χ0) is 37.9. The number of hydrogen-bond acceptors (Lipinski definition) is 3. The molecule has 0 spiro atoms. The normalized spacial score (nSPS) is 17.0. The van der Waals surface area contributed by atoms with Crippen LogP contribution < -0.4 is 0 Å². The summed E-state index contributed by atoms with van der Waals surface area (Å²) in [5.41, 5.74) is 13.4. The summed E-state index contributed by atoms with van der Waals surface area (Å²) < 4.78 is 0. The zero-order valence-electron chi connectivity index (χ0n) is 30.2. The van der Waals surface area contributed by atoms with Crippen LogP contribution in [0.25, 0.3) is 33.4 Å². The van der Waals surface area contributed by atoms with Crippen LogP contribution in [-0.2, 0) is 10.8 Å². The molecule has 3 aliphatic rings. The quantitative estimate of drug-likeness (QED) is 0.179. The second kappa shape index (κ2) is 12.7. The maximum absolute atomic E-state index is 11.0. The van der Waals surface area contributed by atoms with Crippen molar-refractivity contribution in [3.63, 3.8) is 0 Å². The summed E-state index contributed by atoms with van der Waals surface area (Å²) in [6.45, 7) is 0. The minimum absolute atomic E-state index is 0.572. The number of benzene rings is 8. The van der Waals surface area contributed by atoms with E-state index in [1.165, 1.54) is 0 Å². The highest BCUT2D eigenvalue weighted by Gasteiger charge is 2.61. The molecule has 3 aliphatic carbocycles. The van der Waals surface area contributed by atoms with Crippen molar-refractivity contribution in [2.75, 3.05) is 0 Å². The van der Waals surface area contributed by atoms with Gasteiger partial charge in [0, 0.05) is 0 Å². The maximum atomic E-state index is 11.0. The lowest BCUT2D eigenvalue weighted by atomic mass is 9.43. The van der Waals surface area contributed by atoms with Crippen LogP contribution in [0.3, 0.4) is 0 Å². The van der Waals surface area contributed by atoms with Crippen LogP contribution in [0.15, 0.2) is 188 Å². The lowest BCUT2D eigenvalue weighted by Crippen LogP contribution is -2.52. The minimum atomic E-state index is -0.961. The van der Waals surface area contributed by atoms with Crippen molar-refractivity contribution in [1.29, 1.82) is 15.8 Å². The third-order valence-corrected chi connectivity index (χ3v) is 11.9. The molecule has 0 saturated carbocycles. The molecule has 0 aliphatic heterocycles. The van der Waals surface area contributed by atoms with Gasteiger partial charge < -0.3 is 0 Å². The van der Waals surface area contributed by atoms with Gasteiger partial charge in [0.25, 0.3) is 0 Å². The van der Waals surface area contributed by atoms with Crippen molar-refractivity contribution in [2.45, 2.75) is 10.8 Å². The van der Waals surface area contributed by atoms with Gasteiger partial charge in [0.1, 0.15) is 0 Å². The van der Waals surface area contributed by atoms with Crippen LogP contribution >= 0.6 is 0 Å². The van der Waals surface area contributed by atoms with E-state index in [0.29, 0.717) is 16.7 Å². The van der Waals surface area contributed by atoms with Crippen molar-refractivity contribution in [3.8, 4) is 51.6 Å². The first kappa shape index (κ1) is 32.8. The first-order valence-corrected chi connectivity index (χ1v) is 18.7. The molecular weight excluding hydrogens is 679 g/mol. The first-order chi connectivity index (χ1) is 27.6. The smallest absolute Gasteiger partial charge is 0.0998 e. The summed E-state index contributed by atoms with van der Waals surface area (Å²) in [5, 5.41) is 32.9. The third-order valence-electron chi connectivity index (χ3n) is 11.9. The molecule has 0 aromatic heterocycles. The average Bonchev–Trinajstić information content (AvgIpc) is 3.28. The van der Waals surface area contributed by atoms with Gasteiger partial charge in [-0.3, -0.25) is 0 Å². The van der Waals surface area contributed by atoms with Crippen LogP contribution in [0, 0.1) is 34.0 Å². The summed E-state index contributed by atoms with van der Waals surface area (Å²) in [6.07, 6.45) is 0. The fourth-order valence-electron chi connectivity index (χ4n) is 9.69. The number of rotatable bonds is 5. The third kappa shape index (κ3) is 4.42. The van der Waals surface area contributed by atoms with E-state index in [1.54, 1.807) is 0 Å². The molecule has 0 heterocycles. The van der Waals surface area contributed by atoms with E-state index in [2.05, 4.69) is 127 Å². The van der Waals surface area contributed by atoms with E-state index >= 15 is 0 Å². The van der Waals surface area contributed by atoms with E-state index in [1.807, 2.05) is 78.9 Å². The van der Waals surface area contributed by atoms with Crippen LogP contribution in [0.2, 0.25) is 0 Å². The van der Waals surface area contributed by atoms with E-state index in [0.717, 1.165) is 77.9 Å². The van der Waals surface area contributed by atoms with E-state index in [-0.39, 0.29) is 0 Å². The first-order valence-electron chi connectivity index (χ1n) is 18.7. The second-order valence-electron chi connectivity index (χ2n) is 14.5. The molecule has 0 radical (unpaired) electrons. The SMILES string of the molecule is N#Cc1cc2c(cc1-c1ccccc1)C1(c3ccccc3)c3cc(C#N)c(-c4ccccc4)cc3C2(c2ccccc2)c2cc(-c3ccccc3)c(C#N)cc21. The second-order valence-corrected chi connectivity index (χ2v) is 14.5. The van der Waals surface area contributed by atoms with Gasteiger partial charge in [0.05, 0.1) is 45.7 Å². The summed E-state index contributed by atoms with van der Waals surface area (Å²) in [5.74, 6) is 0. The molecule has 0 amide bonds. The molecule has 2 bridgehead atoms. The van der Waals surface area contributed by atoms with Gasteiger partial charge in [-0.15, -0.1) is 0 Å². The summed E-state index contributed by atoms with van der Waals surface area (Å²) >= 11 is 0. The molecule has 8 aromatic rings. The van der Waals surface area contributed by atoms with Gasteiger partial charge in [-0.2, -0.15) is 15.8 Å². The maximum Gasteiger partial charge on any atom is 0.0998 e. The fourth-order valence-corrected chi connectivity index (χ4v) is 9.69. The molecule has 258 valence electrons. The van der Waals surface area contributed by atoms with Crippen LogP contribution in [0.4, 0.5) is 0 Å². The molecule has 3 nitrogen and oxygen atoms in total. The Hall–Kier alpha value is -7.77. The van der Waals surface area contributed by atoms with Gasteiger partial charge in [0.2, 0.25) is 0 Å². The Morgan fingerprint density at radius 1 is 0.286 bits per heavy atom. The van der Waals surface area contributed by atoms with Gasteiger partial charge >= 0.3 is 0 Å². The summed E-state index contributed by atoms with van der Waals surface area (Å²) in [6, 6.07) is 72.1. The predicted octanol–water partition coefficient (Wildman–Crippen LogP) is 11.7. The van der Waals surface area contributed by atoms with Crippen molar-refractivity contribution >= 4 is 0 Å². The molecule has 56 heavy (non-hydrogen) atoms. The largest absolute Gasteiger partial charge is 0.192 e. The monoisotopic (exact) mass is 709 g/mol. The van der Waals surface area contributed by atoms with Crippen molar-refractivity contribution in [3.05, 3.63) is 249 Å². The zero-order valence-corrected chi connectivity index (χ0v) is 30.2. The van der Waals surface area contributed by atoms with E-state index in [4.69, 9.17) is 0 Å². The molecular formula is C53H31N3. The summed E-state index contributed by atoms with van der Waals surface area (Å²) in [4.78, 5) is 0. The predicted molar refractivity (Wildman–Crippen MR) is 221 cm³/mol. The Morgan fingerprint density at radius 2 is 0.518 bits per heavy atom. The van der Waals surface area contributed by atoms with E-state index < -0.39 is 10.8 Å². The Balaban J connectivity index is 1.49. The van der Waals surface area contributed by atoms with Gasteiger partial charge in [-0.1, -0.05) is 152 Å². The van der Waals surface area contributed by atoms with Crippen molar-refractivity contribution in [2.24, 2.45) is 0 Å². The Morgan fingerprint density at radius 3 is 0.768 bits per heavy atom. The standard InChI is InChI=1S/C53H31N3/c54-32-38-26-46-50(30-44(38)36-18-8-2-9-19-36)53(42-24-14-5-15-25-42)48-28-40(34-56)43(35-16-6-1-7-17-35)29-49(48)52(46,41-22-12-4-13-23-41)47-27-39(33-55)45(31-51(47)53)37-20-10-3-11-21-37/h1-31H. The van der Waals surface area contributed by atoms with E-state index in [9.17, 15) is 15.8 Å². The van der Waals surface area contributed by atoms with Gasteiger partial charge in [0.15, 0.2) is 0 Å². The number of hydrogen-bond donors (Lipinski definition) is 0. The molecule has 0 N–H and O–H groups in total. The highest BCUT2D eigenvalue weighted by Crippen LogP contribution is 2.67. The molecule has 0 fully saturated rings.